The van der Waals surface area contributed by atoms with Gasteiger partial charge in [-0.1, -0.05) is 30.3 Å². The summed E-state index contributed by atoms with van der Waals surface area (Å²) in [6.07, 6.45) is 4.00. The Hall–Kier alpha value is -3.40. The van der Waals surface area contributed by atoms with Gasteiger partial charge in [0.15, 0.2) is 0 Å². The number of anilines is 3. The second-order valence-corrected chi connectivity index (χ2v) is 7.38. The van der Waals surface area contributed by atoms with E-state index in [4.69, 9.17) is 10.7 Å². The standard InChI is InChI=1S/C24H22N4/c1-28(23-8-4-5-13-26-23)18-10-12-22-17(14-18)15-21(24(25)27-22)20-11-9-16-6-2-3-7-19(16)20/h2-8,10,12-15,20H,9,11H2,1H3,(H2,25,27)/t20-/m1/s1. The number of aromatic nitrogens is 2. The Morgan fingerprint density at radius 3 is 2.68 bits per heavy atom. The van der Waals surface area contributed by atoms with Crippen LogP contribution in [-0.2, 0) is 6.42 Å². The van der Waals surface area contributed by atoms with Gasteiger partial charge in [-0.3, -0.25) is 0 Å². The van der Waals surface area contributed by atoms with Crippen LogP contribution >= 0.6 is 0 Å². The molecule has 2 aromatic heterocycles. The lowest BCUT2D eigenvalue weighted by molar-refractivity contribution is 0.788. The van der Waals surface area contributed by atoms with E-state index in [9.17, 15) is 0 Å². The van der Waals surface area contributed by atoms with Crippen molar-refractivity contribution in [2.45, 2.75) is 18.8 Å². The summed E-state index contributed by atoms with van der Waals surface area (Å²) in [5.41, 5.74) is 12.3. The van der Waals surface area contributed by atoms with Crippen LogP contribution in [0, 0.1) is 0 Å². The number of hydrogen-bond acceptors (Lipinski definition) is 4. The first-order chi connectivity index (χ1) is 13.7. The third-order valence-corrected chi connectivity index (χ3v) is 5.75. The molecule has 0 radical (unpaired) electrons. The molecule has 2 N–H and O–H groups in total. The summed E-state index contributed by atoms with van der Waals surface area (Å²) < 4.78 is 0. The van der Waals surface area contributed by atoms with Crippen LogP contribution in [0.3, 0.4) is 0 Å². The predicted octanol–water partition coefficient (Wildman–Crippen LogP) is 5.06. The summed E-state index contributed by atoms with van der Waals surface area (Å²) >= 11 is 0. The number of pyridine rings is 2. The van der Waals surface area contributed by atoms with E-state index in [1.54, 1.807) is 0 Å². The molecule has 1 aliphatic rings. The molecule has 138 valence electrons. The van der Waals surface area contributed by atoms with Crippen LogP contribution < -0.4 is 10.6 Å². The van der Waals surface area contributed by atoms with E-state index in [0.717, 1.165) is 40.8 Å². The van der Waals surface area contributed by atoms with Gasteiger partial charge in [-0.15, -0.1) is 0 Å². The van der Waals surface area contributed by atoms with E-state index >= 15 is 0 Å². The van der Waals surface area contributed by atoms with Crippen molar-refractivity contribution in [1.82, 2.24) is 9.97 Å². The maximum Gasteiger partial charge on any atom is 0.132 e. The Morgan fingerprint density at radius 1 is 0.964 bits per heavy atom. The van der Waals surface area contributed by atoms with Crippen LogP contribution in [0.2, 0.25) is 0 Å². The van der Waals surface area contributed by atoms with Gasteiger partial charge in [0.1, 0.15) is 11.6 Å². The number of nitrogens with zero attached hydrogens (tertiary/aromatic N) is 3. The highest BCUT2D eigenvalue weighted by Gasteiger charge is 2.26. The zero-order valence-electron chi connectivity index (χ0n) is 15.8. The first-order valence-corrected chi connectivity index (χ1v) is 9.63. The van der Waals surface area contributed by atoms with Crippen molar-refractivity contribution in [2.24, 2.45) is 0 Å². The number of aryl methyl sites for hydroxylation is 1. The van der Waals surface area contributed by atoms with Gasteiger partial charge in [0.25, 0.3) is 0 Å². The number of nitrogens with two attached hydrogens (primary N) is 1. The lowest BCUT2D eigenvalue weighted by atomic mass is 9.92. The molecule has 0 amide bonds. The highest BCUT2D eigenvalue weighted by Crippen LogP contribution is 2.41. The number of hydrogen-bond donors (Lipinski definition) is 1. The monoisotopic (exact) mass is 366 g/mol. The van der Waals surface area contributed by atoms with Gasteiger partial charge >= 0.3 is 0 Å². The molecule has 0 aliphatic heterocycles. The number of benzene rings is 2. The van der Waals surface area contributed by atoms with Crippen LogP contribution in [0.25, 0.3) is 10.9 Å². The molecule has 0 bridgehead atoms. The molecule has 4 aromatic rings. The molecule has 1 aliphatic carbocycles. The maximum atomic E-state index is 6.38. The molecule has 4 heteroatoms. The van der Waals surface area contributed by atoms with E-state index in [1.165, 1.54) is 11.1 Å². The summed E-state index contributed by atoms with van der Waals surface area (Å²) in [6.45, 7) is 0. The van der Waals surface area contributed by atoms with Crippen molar-refractivity contribution in [3.63, 3.8) is 0 Å². The Bertz CT molecular complexity index is 1150. The number of nitrogen functional groups attached to an aromatic ring is 1. The Labute approximate surface area is 164 Å². The van der Waals surface area contributed by atoms with Crippen LogP contribution in [-0.4, -0.2) is 17.0 Å². The predicted molar refractivity (Wildman–Crippen MR) is 115 cm³/mol. The number of fused-ring (bicyclic) bond motifs is 2. The molecule has 4 nitrogen and oxygen atoms in total. The molecule has 2 aromatic carbocycles. The van der Waals surface area contributed by atoms with Gasteiger partial charge in [0.05, 0.1) is 5.52 Å². The smallest absolute Gasteiger partial charge is 0.132 e. The van der Waals surface area contributed by atoms with E-state index in [1.807, 2.05) is 37.5 Å². The minimum atomic E-state index is 0.324. The minimum absolute atomic E-state index is 0.324. The van der Waals surface area contributed by atoms with Crippen molar-refractivity contribution in [3.8, 4) is 0 Å². The highest BCUT2D eigenvalue weighted by molar-refractivity contribution is 5.86. The molecule has 28 heavy (non-hydrogen) atoms. The van der Waals surface area contributed by atoms with Crippen molar-refractivity contribution in [2.75, 3.05) is 17.7 Å². The van der Waals surface area contributed by atoms with Crippen LogP contribution in [0.15, 0.2) is 72.9 Å². The van der Waals surface area contributed by atoms with E-state index in [0.29, 0.717) is 11.7 Å². The van der Waals surface area contributed by atoms with E-state index < -0.39 is 0 Å². The molecular formula is C24H22N4. The van der Waals surface area contributed by atoms with Gasteiger partial charge in [-0.2, -0.15) is 0 Å². The minimum Gasteiger partial charge on any atom is -0.383 e. The lowest BCUT2D eigenvalue weighted by Gasteiger charge is -2.19. The molecule has 0 saturated carbocycles. The van der Waals surface area contributed by atoms with Crippen LogP contribution in [0.4, 0.5) is 17.3 Å². The largest absolute Gasteiger partial charge is 0.383 e. The fraction of sp³-hybridized carbons (Fsp3) is 0.167. The third kappa shape index (κ3) is 2.78. The van der Waals surface area contributed by atoms with E-state index in [2.05, 4.69) is 52.3 Å². The average Bonchev–Trinajstić information content (AvgIpc) is 3.17. The molecule has 0 fully saturated rings. The summed E-state index contributed by atoms with van der Waals surface area (Å²) in [5.74, 6) is 1.88. The number of rotatable bonds is 3. The second kappa shape index (κ2) is 6.64. The summed E-state index contributed by atoms with van der Waals surface area (Å²) in [5, 5.41) is 1.11. The van der Waals surface area contributed by atoms with Gasteiger partial charge in [0.2, 0.25) is 0 Å². The van der Waals surface area contributed by atoms with E-state index in [-0.39, 0.29) is 0 Å². The second-order valence-electron chi connectivity index (χ2n) is 7.38. The SMILES string of the molecule is CN(c1ccc2nc(N)c([C@@H]3CCc4ccccc43)cc2c1)c1ccccn1. The topological polar surface area (TPSA) is 55.0 Å². The van der Waals surface area contributed by atoms with Crippen molar-refractivity contribution in [1.29, 1.82) is 0 Å². The van der Waals surface area contributed by atoms with Crippen LogP contribution in [0.1, 0.15) is 29.0 Å². The highest BCUT2D eigenvalue weighted by atomic mass is 15.2. The Balaban J connectivity index is 1.58. The Kier molecular flexibility index (Phi) is 3.97. The van der Waals surface area contributed by atoms with Crippen molar-refractivity contribution < 1.29 is 0 Å². The lowest BCUT2D eigenvalue weighted by Crippen LogP contribution is -2.11. The fourth-order valence-electron chi connectivity index (χ4n) is 4.25. The first kappa shape index (κ1) is 16.8. The summed E-state index contributed by atoms with van der Waals surface area (Å²) in [6, 6.07) is 23.1. The summed E-state index contributed by atoms with van der Waals surface area (Å²) in [7, 11) is 2.03. The maximum absolute atomic E-state index is 6.38. The molecule has 0 unspecified atom stereocenters. The van der Waals surface area contributed by atoms with Gasteiger partial charge in [-0.25, -0.2) is 9.97 Å². The third-order valence-electron chi connectivity index (χ3n) is 5.75. The van der Waals surface area contributed by atoms with Crippen molar-refractivity contribution >= 4 is 28.2 Å². The zero-order chi connectivity index (χ0) is 19.1. The molecule has 5 rings (SSSR count). The normalized spacial score (nSPS) is 15.5. The van der Waals surface area contributed by atoms with Crippen LogP contribution in [0.5, 0.6) is 0 Å². The van der Waals surface area contributed by atoms with Gasteiger partial charge in [-0.05, 0) is 60.4 Å². The molecule has 0 spiro atoms. The Morgan fingerprint density at radius 2 is 1.82 bits per heavy atom. The molecule has 2 heterocycles. The quantitative estimate of drug-likeness (QED) is 0.551. The molecular weight excluding hydrogens is 344 g/mol. The molecule has 0 saturated heterocycles. The summed E-state index contributed by atoms with van der Waals surface area (Å²) in [4.78, 5) is 11.2. The van der Waals surface area contributed by atoms with Crippen molar-refractivity contribution in [3.05, 3.63) is 89.6 Å². The molecule has 1 atom stereocenters. The first-order valence-electron chi connectivity index (χ1n) is 9.63. The average molecular weight is 366 g/mol. The van der Waals surface area contributed by atoms with Gasteiger partial charge < -0.3 is 10.6 Å². The zero-order valence-corrected chi connectivity index (χ0v) is 15.8. The fourth-order valence-corrected chi connectivity index (χ4v) is 4.25. The van der Waals surface area contributed by atoms with Gasteiger partial charge in [0, 0.05) is 35.8 Å².